The number of aromatic amines is 1. The molecule has 0 atom stereocenters. The molecule has 0 saturated carbocycles. The highest BCUT2D eigenvalue weighted by atomic mass is 16.1. The lowest BCUT2D eigenvalue weighted by Crippen LogP contribution is -2.12. The van der Waals surface area contributed by atoms with Crippen LogP contribution >= 0.6 is 0 Å². The van der Waals surface area contributed by atoms with Gasteiger partial charge in [-0.05, 0) is 12.1 Å². The molecule has 2 aromatic heterocycles. The number of aromatic nitrogens is 3. The van der Waals surface area contributed by atoms with E-state index in [1.807, 2.05) is 30.3 Å². The lowest BCUT2D eigenvalue weighted by Gasteiger charge is -2.13. The largest absolute Gasteiger partial charge is 0.306 e. The van der Waals surface area contributed by atoms with E-state index >= 15 is 0 Å². The summed E-state index contributed by atoms with van der Waals surface area (Å²) in [5.74, 6) is 0. The highest BCUT2D eigenvalue weighted by Crippen LogP contribution is 2.22. The third-order valence-electron chi connectivity index (χ3n) is 3.10. The summed E-state index contributed by atoms with van der Waals surface area (Å²) in [6, 6.07) is 9.44. The molecule has 0 unspecified atom stereocenters. The molecule has 0 aliphatic rings. The van der Waals surface area contributed by atoms with Crippen LogP contribution in [0.15, 0.2) is 35.1 Å². The molecule has 3 rings (SSSR count). The molecule has 0 bridgehead atoms. The number of para-hydroxylation sites is 1. The predicted molar refractivity (Wildman–Crippen MR) is 72.0 cm³/mol. The summed E-state index contributed by atoms with van der Waals surface area (Å²) in [4.78, 5) is 14.8. The fourth-order valence-corrected chi connectivity index (χ4v) is 2.05. The molecule has 2 heterocycles. The van der Waals surface area contributed by atoms with Crippen molar-refractivity contribution in [3.63, 3.8) is 0 Å². The molecule has 0 saturated heterocycles. The van der Waals surface area contributed by atoms with Gasteiger partial charge in [0.15, 0.2) is 0 Å². The SMILES string of the molecule is CC(C)(C)c1cc2[nH]c(=O)c3ccccc3n2n1. The maximum Gasteiger partial charge on any atom is 0.259 e. The third-order valence-corrected chi connectivity index (χ3v) is 3.10. The van der Waals surface area contributed by atoms with E-state index in [0.717, 1.165) is 16.9 Å². The van der Waals surface area contributed by atoms with Crippen LogP contribution < -0.4 is 5.56 Å². The summed E-state index contributed by atoms with van der Waals surface area (Å²) in [5, 5.41) is 5.26. The molecule has 0 aliphatic carbocycles. The molecule has 3 aromatic rings. The Hall–Kier alpha value is -2.10. The van der Waals surface area contributed by atoms with Crippen LogP contribution in [0.1, 0.15) is 26.5 Å². The van der Waals surface area contributed by atoms with Gasteiger partial charge in [0.2, 0.25) is 0 Å². The van der Waals surface area contributed by atoms with Gasteiger partial charge in [0.25, 0.3) is 5.56 Å². The molecule has 4 heteroatoms. The van der Waals surface area contributed by atoms with Crippen molar-refractivity contribution in [1.82, 2.24) is 14.6 Å². The standard InChI is InChI=1S/C14H15N3O/c1-14(2,3)11-8-12-15-13(18)9-6-4-5-7-10(9)17(12)16-11/h4-8H,1-3H3,(H,15,18). The molecule has 0 radical (unpaired) electrons. The van der Waals surface area contributed by atoms with E-state index in [4.69, 9.17) is 0 Å². The quantitative estimate of drug-likeness (QED) is 0.657. The minimum atomic E-state index is -0.0709. The van der Waals surface area contributed by atoms with E-state index < -0.39 is 0 Å². The maximum absolute atomic E-state index is 12.0. The zero-order valence-corrected chi connectivity index (χ0v) is 10.7. The lowest BCUT2D eigenvalue weighted by atomic mass is 9.93. The Bertz CT molecular complexity index is 790. The van der Waals surface area contributed by atoms with Crippen LogP contribution in [0.25, 0.3) is 16.6 Å². The van der Waals surface area contributed by atoms with Crippen molar-refractivity contribution in [2.24, 2.45) is 0 Å². The van der Waals surface area contributed by atoms with Crippen molar-refractivity contribution in [1.29, 1.82) is 0 Å². The van der Waals surface area contributed by atoms with Crippen molar-refractivity contribution >= 4 is 16.6 Å². The first-order valence-corrected chi connectivity index (χ1v) is 5.98. The van der Waals surface area contributed by atoms with Crippen LogP contribution in [0.4, 0.5) is 0 Å². The number of nitrogens with zero attached hydrogens (tertiary/aromatic N) is 2. The molecule has 0 amide bonds. The number of hydrogen-bond acceptors (Lipinski definition) is 2. The van der Waals surface area contributed by atoms with Crippen molar-refractivity contribution in [3.05, 3.63) is 46.4 Å². The Morgan fingerprint density at radius 2 is 1.94 bits per heavy atom. The summed E-state index contributed by atoms with van der Waals surface area (Å²) in [6.07, 6.45) is 0. The van der Waals surface area contributed by atoms with E-state index in [1.54, 1.807) is 4.52 Å². The zero-order valence-electron chi connectivity index (χ0n) is 10.7. The Morgan fingerprint density at radius 1 is 1.22 bits per heavy atom. The Morgan fingerprint density at radius 3 is 2.67 bits per heavy atom. The summed E-state index contributed by atoms with van der Waals surface area (Å²) < 4.78 is 1.80. The Balaban J connectivity index is 2.48. The van der Waals surface area contributed by atoms with E-state index in [0.29, 0.717) is 5.39 Å². The third kappa shape index (κ3) is 1.53. The first kappa shape index (κ1) is 11.0. The Kier molecular flexibility index (Phi) is 2.11. The van der Waals surface area contributed by atoms with Gasteiger partial charge in [0.1, 0.15) is 5.65 Å². The number of fused-ring (bicyclic) bond motifs is 3. The summed E-state index contributed by atoms with van der Waals surface area (Å²) in [5.41, 5.74) is 2.44. The molecule has 0 aliphatic heterocycles. The first-order chi connectivity index (χ1) is 8.47. The molecular weight excluding hydrogens is 226 g/mol. The van der Waals surface area contributed by atoms with Crippen LogP contribution in [0.3, 0.4) is 0 Å². The normalized spacial score (nSPS) is 12.4. The topological polar surface area (TPSA) is 50.2 Å². The van der Waals surface area contributed by atoms with Gasteiger partial charge < -0.3 is 4.98 Å². The van der Waals surface area contributed by atoms with E-state index in [-0.39, 0.29) is 11.0 Å². The van der Waals surface area contributed by atoms with Gasteiger partial charge in [-0.15, -0.1) is 0 Å². The van der Waals surface area contributed by atoms with Gasteiger partial charge in [-0.1, -0.05) is 32.9 Å². The van der Waals surface area contributed by atoms with Gasteiger partial charge in [0, 0.05) is 11.5 Å². The average molecular weight is 241 g/mol. The van der Waals surface area contributed by atoms with Crippen LogP contribution in [0, 0.1) is 0 Å². The van der Waals surface area contributed by atoms with Crippen LogP contribution in [0.5, 0.6) is 0 Å². The maximum atomic E-state index is 12.0. The molecule has 0 spiro atoms. The van der Waals surface area contributed by atoms with Gasteiger partial charge >= 0.3 is 0 Å². The lowest BCUT2D eigenvalue weighted by molar-refractivity contribution is 0.564. The van der Waals surface area contributed by atoms with Crippen LogP contribution in [-0.2, 0) is 5.41 Å². The molecule has 0 fully saturated rings. The highest BCUT2D eigenvalue weighted by molar-refractivity contribution is 5.80. The fraction of sp³-hybridized carbons (Fsp3) is 0.286. The van der Waals surface area contributed by atoms with E-state index in [9.17, 15) is 4.79 Å². The summed E-state index contributed by atoms with van der Waals surface area (Å²) in [6.45, 7) is 6.32. The van der Waals surface area contributed by atoms with Crippen molar-refractivity contribution in [2.75, 3.05) is 0 Å². The molecule has 92 valence electrons. The van der Waals surface area contributed by atoms with E-state index in [1.165, 1.54) is 0 Å². The summed E-state index contributed by atoms with van der Waals surface area (Å²) in [7, 11) is 0. The predicted octanol–water partition coefficient (Wildman–Crippen LogP) is 2.47. The monoisotopic (exact) mass is 241 g/mol. The fourth-order valence-electron chi connectivity index (χ4n) is 2.05. The number of hydrogen-bond donors (Lipinski definition) is 1. The second kappa shape index (κ2) is 3.45. The van der Waals surface area contributed by atoms with Crippen molar-refractivity contribution in [2.45, 2.75) is 26.2 Å². The number of benzene rings is 1. The second-order valence-electron chi connectivity index (χ2n) is 5.55. The first-order valence-electron chi connectivity index (χ1n) is 5.98. The van der Waals surface area contributed by atoms with Crippen molar-refractivity contribution in [3.8, 4) is 0 Å². The minimum Gasteiger partial charge on any atom is -0.306 e. The second-order valence-corrected chi connectivity index (χ2v) is 5.55. The van der Waals surface area contributed by atoms with E-state index in [2.05, 4.69) is 30.9 Å². The number of rotatable bonds is 0. The van der Waals surface area contributed by atoms with Crippen molar-refractivity contribution < 1.29 is 0 Å². The molecule has 1 aromatic carbocycles. The highest BCUT2D eigenvalue weighted by Gasteiger charge is 2.18. The van der Waals surface area contributed by atoms with Crippen LogP contribution in [-0.4, -0.2) is 14.6 Å². The molecule has 1 N–H and O–H groups in total. The Labute approximate surface area is 104 Å². The van der Waals surface area contributed by atoms with Gasteiger partial charge in [0.05, 0.1) is 16.6 Å². The van der Waals surface area contributed by atoms with Gasteiger partial charge in [-0.25, -0.2) is 4.52 Å². The number of H-pyrrole nitrogens is 1. The zero-order chi connectivity index (χ0) is 12.9. The molecule has 18 heavy (non-hydrogen) atoms. The average Bonchev–Trinajstić information content (AvgIpc) is 2.73. The van der Waals surface area contributed by atoms with Gasteiger partial charge in [-0.3, -0.25) is 4.79 Å². The molecular formula is C14H15N3O. The smallest absolute Gasteiger partial charge is 0.259 e. The summed E-state index contributed by atoms with van der Waals surface area (Å²) >= 11 is 0. The van der Waals surface area contributed by atoms with Crippen LogP contribution in [0.2, 0.25) is 0 Å². The number of nitrogens with one attached hydrogen (secondary N) is 1. The van der Waals surface area contributed by atoms with Gasteiger partial charge in [-0.2, -0.15) is 5.10 Å². The minimum absolute atomic E-state index is 0.0377. The molecule has 4 nitrogen and oxygen atoms in total.